The fourth-order valence-corrected chi connectivity index (χ4v) is 2.50. The maximum Gasteiger partial charge on any atom is 0.323 e. The molecule has 1 saturated heterocycles. The van der Waals surface area contributed by atoms with Crippen LogP contribution in [0.3, 0.4) is 0 Å². The van der Waals surface area contributed by atoms with Crippen LogP contribution in [0.1, 0.15) is 31.7 Å². The Hall–Kier alpha value is -1.26. The Labute approximate surface area is 124 Å². The van der Waals surface area contributed by atoms with Crippen molar-refractivity contribution in [3.05, 3.63) is 28.8 Å². The average Bonchev–Trinajstić information content (AvgIpc) is 2.88. The van der Waals surface area contributed by atoms with E-state index in [2.05, 4.69) is 19.2 Å². The zero-order valence-electron chi connectivity index (χ0n) is 12.0. The van der Waals surface area contributed by atoms with E-state index in [4.69, 9.17) is 21.1 Å². The van der Waals surface area contributed by atoms with Gasteiger partial charge in [-0.2, -0.15) is 0 Å². The number of methoxy groups -OCH3 is 1. The third-order valence-corrected chi connectivity index (χ3v) is 3.79. The molecule has 1 fully saturated rings. The van der Waals surface area contributed by atoms with Crippen molar-refractivity contribution in [2.24, 2.45) is 0 Å². The summed E-state index contributed by atoms with van der Waals surface area (Å²) in [4.78, 5) is 11.4. The zero-order chi connectivity index (χ0) is 14.7. The van der Waals surface area contributed by atoms with Crippen molar-refractivity contribution in [2.75, 3.05) is 13.7 Å². The summed E-state index contributed by atoms with van der Waals surface area (Å²) in [6.45, 7) is 4.85. The molecule has 1 aliphatic heterocycles. The van der Waals surface area contributed by atoms with Crippen molar-refractivity contribution in [2.45, 2.75) is 38.3 Å². The molecule has 110 valence electrons. The number of halogens is 1. The first-order valence-corrected chi connectivity index (χ1v) is 7.16. The van der Waals surface area contributed by atoms with Gasteiger partial charge in [0.2, 0.25) is 0 Å². The largest absolute Gasteiger partial charge is 0.487 e. The minimum atomic E-state index is -0.293. The molecule has 0 aromatic heterocycles. The van der Waals surface area contributed by atoms with Gasteiger partial charge in [0.1, 0.15) is 17.9 Å². The molecule has 2 rings (SSSR count). The summed E-state index contributed by atoms with van der Waals surface area (Å²) in [5.41, 5.74) is 1.18. The third kappa shape index (κ3) is 3.44. The van der Waals surface area contributed by atoms with Crippen molar-refractivity contribution < 1.29 is 14.3 Å². The maximum atomic E-state index is 11.4. The summed E-state index contributed by atoms with van der Waals surface area (Å²) < 4.78 is 10.6. The number of ether oxygens (including phenoxy) is 2. The highest BCUT2D eigenvalue weighted by Crippen LogP contribution is 2.30. The monoisotopic (exact) mass is 297 g/mol. The lowest BCUT2D eigenvalue weighted by atomic mass is 10.0. The van der Waals surface area contributed by atoms with Gasteiger partial charge in [0.25, 0.3) is 0 Å². The molecule has 0 radical (unpaired) electrons. The van der Waals surface area contributed by atoms with Crippen molar-refractivity contribution in [1.29, 1.82) is 0 Å². The average molecular weight is 298 g/mol. The van der Waals surface area contributed by atoms with Crippen molar-refractivity contribution in [3.63, 3.8) is 0 Å². The molecule has 1 aliphatic rings. The summed E-state index contributed by atoms with van der Waals surface area (Å²) in [7, 11) is 1.39. The van der Waals surface area contributed by atoms with E-state index < -0.39 is 0 Å². The summed E-state index contributed by atoms with van der Waals surface area (Å²) in [6, 6.07) is 5.55. The lowest BCUT2D eigenvalue weighted by Crippen LogP contribution is -2.31. The van der Waals surface area contributed by atoms with Gasteiger partial charge in [-0.3, -0.25) is 4.79 Å². The van der Waals surface area contributed by atoms with Crippen LogP contribution >= 0.6 is 11.6 Å². The molecule has 0 bridgehead atoms. The first kappa shape index (κ1) is 15.1. The van der Waals surface area contributed by atoms with E-state index in [1.54, 1.807) is 0 Å². The molecule has 0 saturated carbocycles. The number of hydrogen-bond donors (Lipinski definition) is 1. The van der Waals surface area contributed by atoms with Crippen LogP contribution in [0.25, 0.3) is 0 Å². The van der Waals surface area contributed by atoms with Crippen molar-refractivity contribution >= 4 is 17.6 Å². The first-order valence-electron chi connectivity index (χ1n) is 6.78. The van der Waals surface area contributed by atoms with Gasteiger partial charge in [-0.15, -0.1) is 0 Å². The second-order valence-corrected chi connectivity index (χ2v) is 5.71. The lowest BCUT2D eigenvalue weighted by Gasteiger charge is -2.15. The molecule has 0 amide bonds. The van der Waals surface area contributed by atoms with E-state index in [-0.39, 0.29) is 18.1 Å². The lowest BCUT2D eigenvalue weighted by molar-refractivity contribution is -0.142. The second-order valence-electron chi connectivity index (χ2n) is 5.30. The standard InChI is InChI=1S/C15H20ClNO3/c1-9(2)10-4-5-14(12(16)6-10)20-11-7-13(17-8-11)15(18)19-3/h4-6,9,11,13,17H,7-8H2,1-3H3. The van der Waals surface area contributed by atoms with Gasteiger partial charge in [-0.05, 0) is 23.6 Å². The van der Waals surface area contributed by atoms with Gasteiger partial charge < -0.3 is 14.8 Å². The SMILES string of the molecule is COC(=O)C1CC(Oc2ccc(C(C)C)cc2Cl)CN1. The molecule has 0 aliphatic carbocycles. The molecule has 1 heterocycles. The molecule has 1 aromatic carbocycles. The number of benzene rings is 1. The number of carbonyl (C=O) groups is 1. The fraction of sp³-hybridized carbons (Fsp3) is 0.533. The van der Waals surface area contributed by atoms with Crippen molar-refractivity contribution in [1.82, 2.24) is 5.32 Å². The van der Waals surface area contributed by atoms with Crippen LogP contribution in [0.4, 0.5) is 0 Å². The molecule has 20 heavy (non-hydrogen) atoms. The number of hydrogen-bond acceptors (Lipinski definition) is 4. The predicted molar refractivity (Wildman–Crippen MR) is 78.4 cm³/mol. The van der Waals surface area contributed by atoms with Crippen LogP contribution in [-0.4, -0.2) is 31.8 Å². The summed E-state index contributed by atoms with van der Waals surface area (Å²) >= 11 is 6.24. The number of rotatable bonds is 4. The Bertz CT molecular complexity index is 490. The molecule has 0 spiro atoms. The Morgan fingerprint density at radius 2 is 2.20 bits per heavy atom. The Morgan fingerprint density at radius 3 is 2.80 bits per heavy atom. The summed E-state index contributed by atoms with van der Waals surface area (Å²) in [5.74, 6) is 0.837. The summed E-state index contributed by atoms with van der Waals surface area (Å²) in [5, 5.41) is 3.69. The highest BCUT2D eigenvalue weighted by atomic mass is 35.5. The topological polar surface area (TPSA) is 47.6 Å². The first-order chi connectivity index (χ1) is 9.51. The molecule has 2 atom stereocenters. The van der Waals surface area contributed by atoms with E-state index in [9.17, 15) is 4.79 Å². The zero-order valence-corrected chi connectivity index (χ0v) is 12.7. The smallest absolute Gasteiger partial charge is 0.323 e. The van der Waals surface area contributed by atoms with Crippen LogP contribution in [0.15, 0.2) is 18.2 Å². The van der Waals surface area contributed by atoms with Crippen LogP contribution in [0.5, 0.6) is 5.75 Å². The van der Waals surface area contributed by atoms with E-state index in [0.717, 1.165) is 0 Å². The van der Waals surface area contributed by atoms with E-state index in [0.29, 0.717) is 29.7 Å². The highest BCUT2D eigenvalue weighted by molar-refractivity contribution is 6.32. The molecular weight excluding hydrogens is 278 g/mol. The van der Waals surface area contributed by atoms with Gasteiger partial charge in [0.15, 0.2) is 0 Å². The Morgan fingerprint density at radius 1 is 1.45 bits per heavy atom. The second kappa shape index (κ2) is 6.46. The quantitative estimate of drug-likeness (QED) is 0.868. The van der Waals surface area contributed by atoms with Gasteiger partial charge >= 0.3 is 5.97 Å². The van der Waals surface area contributed by atoms with Gasteiger partial charge in [-0.1, -0.05) is 31.5 Å². The predicted octanol–water partition coefficient (Wildman–Crippen LogP) is 2.75. The fourth-order valence-electron chi connectivity index (χ4n) is 2.27. The molecule has 2 unspecified atom stereocenters. The maximum absolute atomic E-state index is 11.4. The van der Waals surface area contributed by atoms with Crippen LogP contribution < -0.4 is 10.1 Å². The number of nitrogens with one attached hydrogen (secondary N) is 1. The number of esters is 1. The summed E-state index contributed by atoms with van der Waals surface area (Å²) in [6.07, 6.45) is 0.524. The molecule has 1 N–H and O–H groups in total. The Kier molecular flexibility index (Phi) is 4.89. The molecule has 4 nitrogen and oxygen atoms in total. The normalized spacial score (nSPS) is 22.1. The van der Waals surface area contributed by atoms with Gasteiger partial charge in [-0.25, -0.2) is 0 Å². The molecular formula is C15H20ClNO3. The van der Waals surface area contributed by atoms with E-state index in [1.165, 1.54) is 12.7 Å². The van der Waals surface area contributed by atoms with Gasteiger partial charge in [0, 0.05) is 13.0 Å². The van der Waals surface area contributed by atoms with E-state index >= 15 is 0 Å². The molecule has 5 heteroatoms. The molecule has 1 aromatic rings. The highest BCUT2D eigenvalue weighted by Gasteiger charge is 2.31. The van der Waals surface area contributed by atoms with Crippen LogP contribution in [0.2, 0.25) is 5.02 Å². The third-order valence-electron chi connectivity index (χ3n) is 3.49. The van der Waals surface area contributed by atoms with Crippen LogP contribution in [-0.2, 0) is 9.53 Å². The van der Waals surface area contributed by atoms with Gasteiger partial charge in [0.05, 0.1) is 12.1 Å². The van der Waals surface area contributed by atoms with E-state index in [1.807, 2.05) is 18.2 Å². The minimum absolute atomic E-state index is 0.0681. The van der Waals surface area contributed by atoms with Crippen molar-refractivity contribution in [3.8, 4) is 5.75 Å². The Balaban J connectivity index is 1.99. The minimum Gasteiger partial charge on any atom is -0.487 e. The van der Waals surface area contributed by atoms with Crippen LogP contribution in [0, 0.1) is 0 Å². The number of carbonyl (C=O) groups excluding carboxylic acids is 1.